The molecule has 0 bridgehead atoms. The van der Waals surface area contributed by atoms with Gasteiger partial charge in [-0.05, 0) is 17.9 Å². The Morgan fingerprint density at radius 1 is 1.21 bits per heavy atom. The highest BCUT2D eigenvalue weighted by Crippen LogP contribution is 2.45. The Labute approximate surface area is 224 Å². The second-order valence-corrected chi connectivity index (χ2v) is 11.3. The third-order valence-electron chi connectivity index (χ3n) is 8.59. The van der Waals surface area contributed by atoms with Gasteiger partial charge in [0.1, 0.15) is 17.8 Å². The highest BCUT2D eigenvalue weighted by atomic mass is 16.5. The summed E-state index contributed by atoms with van der Waals surface area (Å²) in [5.74, 6) is -3.59. The molecule has 2 saturated heterocycles. The maximum atomic E-state index is 13.5. The molecular formula is C25H32N8O6. The van der Waals surface area contributed by atoms with Gasteiger partial charge >= 0.3 is 0 Å². The minimum atomic E-state index is -2.65. The monoisotopic (exact) mass is 540 g/mol. The average molecular weight is 541 g/mol. The van der Waals surface area contributed by atoms with Gasteiger partial charge in [0.2, 0.25) is 17.6 Å². The lowest BCUT2D eigenvalue weighted by atomic mass is 9.79. The third kappa shape index (κ3) is 3.50. The van der Waals surface area contributed by atoms with E-state index in [1.807, 2.05) is 6.07 Å². The standard InChI is InChI=1S/C25H32N8O6/c1-23(2)8-9-39-18-12(4-3-5-13(18)23)20(36)29-15-11-33-22(27)28-14(10-32-16(34)6-7-17(32)35)19-24(33,25(15,37)38)31-21(26)30-19/h3-5,14-15,19,37-38H,6-11H2,1-2H3,(H2,27,28)(H,29,36)(H3,26,30,31)/t14-,15?,19-,24-/m0/s1. The number of carbonyl (C=O) groups is 3. The van der Waals surface area contributed by atoms with E-state index < -0.39 is 35.5 Å². The van der Waals surface area contributed by atoms with Crippen molar-refractivity contribution >= 4 is 29.6 Å². The van der Waals surface area contributed by atoms with E-state index in [2.05, 4.69) is 34.5 Å². The number of fused-ring (bicyclic) bond motifs is 1. The maximum Gasteiger partial charge on any atom is 0.255 e. The summed E-state index contributed by atoms with van der Waals surface area (Å²) in [6.07, 6.45) is 0.987. The molecule has 0 aromatic heterocycles. The van der Waals surface area contributed by atoms with Crippen molar-refractivity contribution in [3.05, 3.63) is 29.3 Å². The van der Waals surface area contributed by atoms with Crippen molar-refractivity contribution in [2.24, 2.45) is 21.5 Å². The fourth-order valence-corrected chi connectivity index (χ4v) is 6.43. The number of imide groups is 1. The van der Waals surface area contributed by atoms with E-state index in [9.17, 15) is 24.6 Å². The predicted octanol–water partition coefficient (Wildman–Crippen LogP) is -2.33. The molecule has 0 saturated carbocycles. The van der Waals surface area contributed by atoms with Crippen LogP contribution in [-0.2, 0) is 15.0 Å². The predicted molar refractivity (Wildman–Crippen MR) is 137 cm³/mol. The van der Waals surface area contributed by atoms with Gasteiger partial charge in [-0.25, -0.2) is 9.98 Å². The van der Waals surface area contributed by atoms with Gasteiger partial charge in [-0.15, -0.1) is 0 Å². The average Bonchev–Trinajstić information content (AvgIpc) is 3.46. The Bertz CT molecular complexity index is 1330. The molecule has 5 aliphatic rings. The molecule has 39 heavy (non-hydrogen) atoms. The summed E-state index contributed by atoms with van der Waals surface area (Å²) in [5.41, 5.74) is 11.5. The molecule has 3 amide bonds. The van der Waals surface area contributed by atoms with E-state index in [0.29, 0.717) is 12.4 Å². The summed E-state index contributed by atoms with van der Waals surface area (Å²) < 4.78 is 5.87. The minimum absolute atomic E-state index is 0.0702. The highest BCUT2D eigenvalue weighted by molar-refractivity contribution is 6.02. The van der Waals surface area contributed by atoms with E-state index in [1.54, 1.807) is 12.1 Å². The molecule has 0 aliphatic carbocycles. The highest BCUT2D eigenvalue weighted by Gasteiger charge is 2.73. The SMILES string of the molecule is CC1(C)CCOc2c(C(=O)NC3CN4C(N)=N[C@@H](CN5C(=O)CCC5=O)[C@@H]5N=C(N)N[C@@]54C3(O)O)cccc21. The molecule has 2 fully saturated rings. The fraction of sp³-hybridized carbons (Fsp3) is 0.560. The first kappa shape index (κ1) is 25.4. The number of hydrogen-bond donors (Lipinski definition) is 6. The lowest BCUT2D eigenvalue weighted by Crippen LogP contribution is -2.78. The topological polar surface area (TPSA) is 208 Å². The Kier molecular flexibility index (Phi) is 5.40. The summed E-state index contributed by atoms with van der Waals surface area (Å²) in [5, 5.41) is 28.9. The van der Waals surface area contributed by atoms with Gasteiger partial charge in [0.05, 0.1) is 24.8 Å². The molecule has 208 valence electrons. The first-order valence-corrected chi connectivity index (χ1v) is 12.9. The van der Waals surface area contributed by atoms with Crippen molar-refractivity contribution in [3.8, 4) is 5.75 Å². The molecule has 0 radical (unpaired) electrons. The lowest BCUT2D eigenvalue weighted by Gasteiger charge is -2.49. The third-order valence-corrected chi connectivity index (χ3v) is 8.59. The summed E-state index contributed by atoms with van der Waals surface area (Å²) >= 11 is 0. The zero-order valence-corrected chi connectivity index (χ0v) is 21.7. The number of nitrogens with two attached hydrogens (primary N) is 2. The Balaban J connectivity index is 1.32. The number of para-hydroxylation sites is 1. The van der Waals surface area contributed by atoms with Crippen LogP contribution in [0.3, 0.4) is 0 Å². The van der Waals surface area contributed by atoms with Gasteiger partial charge in [0, 0.05) is 24.9 Å². The van der Waals surface area contributed by atoms with Crippen molar-refractivity contribution in [2.75, 3.05) is 19.7 Å². The molecule has 5 heterocycles. The van der Waals surface area contributed by atoms with Gasteiger partial charge in [0.25, 0.3) is 5.91 Å². The number of benzene rings is 1. The number of aliphatic hydroxyl groups is 2. The fourth-order valence-electron chi connectivity index (χ4n) is 6.43. The minimum Gasteiger partial charge on any atom is -0.492 e. The van der Waals surface area contributed by atoms with Crippen molar-refractivity contribution in [3.63, 3.8) is 0 Å². The van der Waals surface area contributed by atoms with E-state index >= 15 is 0 Å². The smallest absolute Gasteiger partial charge is 0.255 e. The van der Waals surface area contributed by atoms with Crippen LogP contribution >= 0.6 is 0 Å². The molecule has 5 aliphatic heterocycles. The number of amides is 3. The van der Waals surface area contributed by atoms with Crippen molar-refractivity contribution < 1.29 is 29.3 Å². The molecule has 14 nitrogen and oxygen atoms in total. The van der Waals surface area contributed by atoms with Gasteiger partial charge < -0.3 is 42.0 Å². The van der Waals surface area contributed by atoms with Gasteiger partial charge in [0.15, 0.2) is 17.6 Å². The summed E-state index contributed by atoms with van der Waals surface area (Å²) in [4.78, 5) is 49.4. The number of guanidine groups is 2. The quantitative estimate of drug-likeness (QED) is 0.177. The normalized spacial score (nSPS) is 31.9. The first-order valence-electron chi connectivity index (χ1n) is 12.9. The molecule has 1 spiro atoms. The van der Waals surface area contributed by atoms with Crippen molar-refractivity contribution in [2.45, 2.75) is 68.1 Å². The second-order valence-electron chi connectivity index (χ2n) is 11.3. The van der Waals surface area contributed by atoms with Crippen LogP contribution in [0.2, 0.25) is 0 Å². The van der Waals surface area contributed by atoms with E-state index in [-0.39, 0.29) is 60.6 Å². The van der Waals surface area contributed by atoms with Crippen LogP contribution in [0, 0.1) is 0 Å². The molecule has 1 aromatic rings. The van der Waals surface area contributed by atoms with Crippen molar-refractivity contribution in [1.82, 2.24) is 20.4 Å². The second kappa shape index (κ2) is 8.29. The van der Waals surface area contributed by atoms with Crippen LogP contribution in [0.4, 0.5) is 0 Å². The molecular weight excluding hydrogens is 508 g/mol. The first-order chi connectivity index (χ1) is 18.4. The number of nitrogens with one attached hydrogen (secondary N) is 2. The van der Waals surface area contributed by atoms with E-state index in [1.165, 1.54) is 4.90 Å². The summed E-state index contributed by atoms with van der Waals surface area (Å²) in [6.45, 7) is 4.33. The van der Waals surface area contributed by atoms with Gasteiger partial charge in [-0.1, -0.05) is 26.0 Å². The Morgan fingerprint density at radius 2 is 1.92 bits per heavy atom. The molecule has 6 rings (SSSR count). The molecule has 1 aromatic carbocycles. The Hall–Kier alpha value is -3.91. The molecule has 1 unspecified atom stereocenters. The van der Waals surface area contributed by atoms with E-state index in [4.69, 9.17) is 16.2 Å². The zero-order chi connectivity index (χ0) is 27.9. The molecule has 8 N–H and O–H groups in total. The Morgan fingerprint density at radius 3 is 2.64 bits per heavy atom. The van der Waals surface area contributed by atoms with Gasteiger partial charge in [-0.2, -0.15) is 0 Å². The van der Waals surface area contributed by atoms with Crippen LogP contribution in [-0.4, -0.2) is 98.9 Å². The number of hydrogen-bond acceptors (Lipinski definition) is 12. The van der Waals surface area contributed by atoms with Crippen LogP contribution in [0.15, 0.2) is 28.2 Å². The maximum absolute atomic E-state index is 13.5. The summed E-state index contributed by atoms with van der Waals surface area (Å²) in [6, 6.07) is 2.13. The summed E-state index contributed by atoms with van der Waals surface area (Å²) in [7, 11) is 0. The van der Waals surface area contributed by atoms with Crippen LogP contribution < -0.4 is 26.8 Å². The van der Waals surface area contributed by atoms with E-state index in [0.717, 1.165) is 16.9 Å². The number of aliphatic imine (C=N–C) groups is 2. The molecule has 4 atom stereocenters. The number of nitrogens with zero attached hydrogens (tertiary/aromatic N) is 4. The number of rotatable bonds is 4. The van der Waals surface area contributed by atoms with Crippen LogP contribution in [0.5, 0.6) is 5.75 Å². The largest absolute Gasteiger partial charge is 0.492 e. The number of likely N-dealkylation sites (tertiary alicyclic amines) is 1. The zero-order valence-electron chi connectivity index (χ0n) is 21.7. The number of carbonyl (C=O) groups excluding carboxylic acids is 3. The van der Waals surface area contributed by atoms with Crippen LogP contribution in [0.25, 0.3) is 0 Å². The van der Waals surface area contributed by atoms with Crippen molar-refractivity contribution in [1.29, 1.82) is 0 Å². The van der Waals surface area contributed by atoms with Crippen LogP contribution in [0.1, 0.15) is 49.0 Å². The van der Waals surface area contributed by atoms with Gasteiger partial charge in [-0.3, -0.25) is 19.3 Å². The molecule has 14 heteroatoms. The number of ether oxygens (including phenoxy) is 1. The lowest BCUT2D eigenvalue weighted by molar-refractivity contribution is -0.230.